The Bertz CT molecular complexity index is 295. The molecule has 0 N–H and O–H groups in total. The normalized spacial score (nSPS) is 9.83. The third-order valence-corrected chi connectivity index (χ3v) is 2.49. The number of hydrogen-bond acceptors (Lipinski definition) is 3. The smallest absolute Gasteiger partial charge is 0.169 e. The molecule has 0 saturated carbocycles. The maximum atomic E-state index is 11.4. The molecule has 12 heavy (non-hydrogen) atoms. The van der Waals surface area contributed by atoms with E-state index in [1.165, 1.54) is 11.5 Å². The van der Waals surface area contributed by atoms with E-state index in [4.69, 9.17) is 0 Å². The number of rotatable bonds is 3. The number of carbonyl (C=O) groups excluding carboxylic acids is 1. The predicted molar refractivity (Wildman–Crippen MR) is 50.7 cm³/mol. The summed E-state index contributed by atoms with van der Waals surface area (Å²) in [6, 6.07) is 0. The van der Waals surface area contributed by atoms with Crippen LogP contribution in [-0.4, -0.2) is 10.2 Å². The van der Waals surface area contributed by atoms with Crippen molar-refractivity contribution in [2.45, 2.75) is 20.3 Å². The molecule has 0 radical (unpaired) electrons. The summed E-state index contributed by atoms with van der Waals surface area (Å²) in [5, 5.41) is 0. The van der Waals surface area contributed by atoms with Gasteiger partial charge in [0.1, 0.15) is 0 Å². The fraction of sp³-hybridized carbons (Fsp3) is 0.333. The summed E-state index contributed by atoms with van der Waals surface area (Å²) in [5.41, 5.74) is 1.62. The van der Waals surface area contributed by atoms with Crippen molar-refractivity contribution in [3.05, 3.63) is 28.8 Å². The second kappa shape index (κ2) is 3.63. The van der Waals surface area contributed by atoms with E-state index in [-0.39, 0.29) is 5.78 Å². The number of nitrogens with zero attached hydrogens (tertiary/aromatic N) is 1. The Morgan fingerprint density at radius 1 is 1.67 bits per heavy atom. The molecule has 64 valence electrons. The molecule has 0 aliphatic heterocycles. The Morgan fingerprint density at radius 3 is 2.75 bits per heavy atom. The van der Waals surface area contributed by atoms with Crippen molar-refractivity contribution in [2.75, 3.05) is 0 Å². The van der Waals surface area contributed by atoms with Crippen LogP contribution in [0.1, 0.15) is 27.3 Å². The average molecular weight is 181 g/mol. The SMILES string of the molecule is C=CCC(=O)c1c(C)nsc1C. The van der Waals surface area contributed by atoms with Crippen LogP contribution in [0.25, 0.3) is 0 Å². The van der Waals surface area contributed by atoms with Gasteiger partial charge in [0.05, 0.1) is 11.3 Å². The Morgan fingerprint density at radius 2 is 2.33 bits per heavy atom. The zero-order valence-electron chi connectivity index (χ0n) is 7.26. The van der Waals surface area contributed by atoms with Gasteiger partial charge in [-0.05, 0) is 25.4 Å². The first-order valence-corrected chi connectivity index (χ1v) is 4.51. The van der Waals surface area contributed by atoms with Crippen LogP contribution in [0, 0.1) is 13.8 Å². The van der Waals surface area contributed by atoms with Crippen LogP contribution in [-0.2, 0) is 0 Å². The van der Waals surface area contributed by atoms with Gasteiger partial charge in [-0.2, -0.15) is 4.37 Å². The third kappa shape index (κ3) is 1.61. The minimum absolute atomic E-state index is 0.119. The van der Waals surface area contributed by atoms with E-state index in [2.05, 4.69) is 11.0 Å². The van der Waals surface area contributed by atoms with Crippen LogP contribution in [0.4, 0.5) is 0 Å². The van der Waals surface area contributed by atoms with E-state index in [0.29, 0.717) is 6.42 Å². The largest absolute Gasteiger partial charge is 0.294 e. The lowest BCUT2D eigenvalue weighted by Crippen LogP contribution is -1.99. The molecule has 0 fully saturated rings. The zero-order chi connectivity index (χ0) is 9.14. The summed E-state index contributed by atoms with van der Waals surface area (Å²) in [5.74, 6) is 0.119. The molecule has 0 bridgehead atoms. The van der Waals surface area contributed by atoms with Gasteiger partial charge in [-0.25, -0.2) is 0 Å². The van der Waals surface area contributed by atoms with Crippen LogP contribution in [0.2, 0.25) is 0 Å². The van der Waals surface area contributed by atoms with Crippen molar-refractivity contribution in [3.63, 3.8) is 0 Å². The lowest BCUT2D eigenvalue weighted by atomic mass is 10.1. The highest BCUT2D eigenvalue weighted by molar-refractivity contribution is 7.06. The van der Waals surface area contributed by atoms with Crippen LogP contribution >= 0.6 is 11.5 Å². The molecular formula is C9H11NOS. The summed E-state index contributed by atoms with van der Waals surface area (Å²) in [6.07, 6.45) is 2.03. The van der Waals surface area contributed by atoms with E-state index < -0.39 is 0 Å². The second-order valence-corrected chi connectivity index (χ2v) is 3.59. The molecule has 0 aliphatic rings. The van der Waals surface area contributed by atoms with Crippen LogP contribution in [0.3, 0.4) is 0 Å². The fourth-order valence-electron chi connectivity index (χ4n) is 1.11. The Kier molecular flexibility index (Phi) is 2.76. The van der Waals surface area contributed by atoms with Crippen LogP contribution in [0.5, 0.6) is 0 Å². The molecule has 1 rings (SSSR count). The Hall–Kier alpha value is -0.960. The number of allylic oxidation sites excluding steroid dienone is 1. The van der Waals surface area contributed by atoms with E-state index in [9.17, 15) is 4.79 Å². The predicted octanol–water partition coefficient (Wildman–Crippen LogP) is 2.52. The lowest BCUT2D eigenvalue weighted by molar-refractivity contribution is 0.0995. The maximum Gasteiger partial charge on any atom is 0.169 e. The Balaban J connectivity index is 3.00. The Labute approximate surface area is 76.1 Å². The topological polar surface area (TPSA) is 30.0 Å². The van der Waals surface area contributed by atoms with Crippen molar-refractivity contribution in [1.82, 2.24) is 4.37 Å². The van der Waals surface area contributed by atoms with Gasteiger partial charge >= 0.3 is 0 Å². The molecule has 1 heterocycles. The molecule has 1 aromatic rings. The van der Waals surface area contributed by atoms with Crippen molar-refractivity contribution < 1.29 is 4.79 Å². The van der Waals surface area contributed by atoms with Gasteiger partial charge in [0, 0.05) is 11.3 Å². The summed E-state index contributed by atoms with van der Waals surface area (Å²) in [6.45, 7) is 7.31. The summed E-state index contributed by atoms with van der Waals surface area (Å²) < 4.78 is 4.11. The van der Waals surface area contributed by atoms with Crippen LogP contribution in [0.15, 0.2) is 12.7 Å². The highest BCUT2D eigenvalue weighted by Crippen LogP contribution is 2.18. The number of hydrogen-bond donors (Lipinski definition) is 0. The maximum absolute atomic E-state index is 11.4. The van der Waals surface area contributed by atoms with E-state index in [0.717, 1.165) is 16.1 Å². The fourth-order valence-corrected chi connectivity index (χ4v) is 1.83. The second-order valence-electron chi connectivity index (χ2n) is 2.62. The van der Waals surface area contributed by atoms with Crippen LogP contribution < -0.4 is 0 Å². The van der Waals surface area contributed by atoms with Gasteiger partial charge in [0.25, 0.3) is 0 Å². The molecule has 0 spiro atoms. The first kappa shape index (κ1) is 9.13. The van der Waals surface area contributed by atoms with Crippen molar-refractivity contribution in [2.24, 2.45) is 0 Å². The highest BCUT2D eigenvalue weighted by atomic mass is 32.1. The number of ketones is 1. The van der Waals surface area contributed by atoms with Crippen molar-refractivity contribution in [3.8, 4) is 0 Å². The number of carbonyl (C=O) groups is 1. The van der Waals surface area contributed by atoms with Gasteiger partial charge in [0.2, 0.25) is 0 Å². The molecular weight excluding hydrogens is 170 g/mol. The zero-order valence-corrected chi connectivity index (χ0v) is 8.07. The highest BCUT2D eigenvalue weighted by Gasteiger charge is 2.13. The summed E-state index contributed by atoms with van der Waals surface area (Å²) >= 11 is 1.38. The van der Waals surface area contributed by atoms with Gasteiger partial charge in [-0.1, -0.05) is 6.08 Å². The third-order valence-electron chi connectivity index (χ3n) is 1.64. The molecule has 0 aliphatic carbocycles. The van der Waals surface area contributed by atoms with Gasteiger partial charge in [-0.15, -0.1) is 6.58 Å². The molecule has 0 unspecified atom stereocenters. The molecule has 2 nitrogen and oxygen atoms in total. The number of aryl methyl sites for hydroxylation is 2. The molecule has 3 heteroatoms. The van der Waals surface area contributed by atoms with Gasteiger partial charge < -0.3 is 0 Å². The summed E-state index contributed by atoms with van der Waals surface area (Å²) in [7, 11) is 0. The number of Topliss-reactive ketones (excluding diaryl/α,β-unsaturated/α-hetero) is 1. The quantitative estimate of drug-likeness (QED) is 0.529. The van der Waals surface area contributed by atoms with Gasteiger partial charge in [-0.3, -0.25) is 4.79 Å². The minimum Gasteiger partial charge on any atom is -0.294 e. The molecule has 0 aromatic carbocycles. The summed E-state index contributed by atoms with van der Waals surface area (Å²) in [4.78, 5) is 12.4. The minimum atomic E-state index is 0.119. The average Bonchev–Trinajstić information content (AvgIpc) is 2.32. The van der Waals surface area contributed by atoms with E-state index in [1.54, 1.807) is 6.08 Å². The van der Waals surface area contributed by atoms with Gasteiger partial charge in [0.15, 0.2) is 5.78 Å². The van der Waals surface area contributed by atoms with E-state index >= 15 is 0 Å². The monoisotopic (exact) mass is 181 g/mol. The first-order chi connectivity index (χ1) is 5.66. The molecule has 0 amide bonds. The number of aromatic nitrogens is 1. The molecule has 0 atom stereocenters. The standard InChI is InChI=1S/C9H11NOS/c1-4-5-8(11)9-6(2)10-12-7(9)3/h4H,1,5H2,2-3H3. The molecule has 0 saturated heterocycles. The van der Waals surface area contributed by atoms with Crippen molar-refractivity contribution in [1.29, 1.82) is 0 Å². The lowest BCUT2D eigenvalue weighted by Gasteiger charge is -1.95. The van der Waals surface area contributed by atoms with E-state index in [1.807, 2.05) is 13.8 Å². The first-order valence-electron chi connectivity index (χ1n) is 3.73. The van der Waals surface area contributed by atoms with Crippen molar-refractivity contribution >= 4 is 17.3 Å². The molecule has 1 aromatic heterocycles.